The van der Waals surface area contributed by atoms with Crippen molar-refractivity contribution >= 4 is 15.8 Å². The molecule has 0 saturated carbocycles. The van der Waals surface area contributed by atoms with Gasteiger partial charge in [-0.05, 0) is 48.7 Å². The van der Waals surface area contributed by atoms with Gasteiger partial charge < -0.3 is 15.4 Å². The van der Waals surface area contributed by atoms with E-state index < -0.39 is 9.84 Å². The number of benzene rings is 2. The molecule has 0 aliphatic rings. The normalized spacial score (nSPS) is 12.5. The first-order valence-corrected chi connectivity index (χ1v) is 12.0. The number of ether oxygens (including phenoxy) is 1. The van der Waals surface area contributed by atoms with Crippen molar-refractivity contribution in [1.82, 2.24) is 10.6 Å². The fourth-order valence-electron chi connectivity index (χ4n) is 2.98. The van der Waals surface area contributed by atoms with Crippen LogP contribution in [0.5, 0.6) is 5.75 Å². The molecule has 0 heterocycles. The van der Waals surface area contributed by atoms with Crippen LogP contribution in [0.3, 0.4) is 0 Å². The molecular formula is C23H33N3O3S. The summed E-state index contributed by atoms with van der Waals surface area (Å²) in [4.78, 5) is 5.11. The van der Waals surface area contributed by atoms with Crippen LogP contribution in [0.25, 0.3) is 0 Å². The molecule has 2 aromatic rings. The lowest BCUT2D eigenvalue weighted by atomic mass is 9.85. The maximum atomic E-state index is 11.6. The monoisotopic (exact) mass is 431 g/mol. The van der Waals surface area contributed by atoms with Crippen molar-refractivity contribution in [2.24, 2.45) is 4.99 Å². The number of guanidine groups is 1. The van der Waals surface area contributed by atoms with Crippen LogP contribution in [0.1, 0.15) is 31.9 Å². The average molecular weight is 432 g/mol. The summed E-state index contributed by atoms with van der Waals surface area (Å²) < 4.78 is 28.4. The zero-order chi connectivity index (χ0) is 22.2. The van der Waals surface area contributed by atoms with Crippen LogP contribution in [0, 0.1) is 0 Å². The van der Waals surface area contributed by atoms with Crippen LogP contribution in [0.15, 0.2) is 58.4 Å². The van der Waals surface area contributed by atoms with Crippen molar-refractivity contribution in [2.45, 2.75) is 37.5 Å². The van der Waals surface area contributed by atoms with Gasteiger partial charge in [-0.1, -0.05) is 38.1 Å². The summed E-state index contributed by atoms with van der Waals surface area (Å²) in [7, 11) is -1.50. The number of aliphatic imine (C=N–C) groups is 1. The van der Waals surface area contributed by atoms with Gasteiger partial charge in [0, 0.05) is 24.8 Å². The van der Waals surface area contributed by atoms with E-state index in [2.05, 4.69) is 36.6 Å². The Morgan fingerprint density at radius 3 is 2.20 bits per heavy atom. The minimum absolute atomic E-state index is 0.115. The summed E-state index contributed by atoms with van der Waals surface area (Å²) in [5, 5.41) is 6.64. The molecule has 0 atom stereocenters. The third-order valence-corrected chi connectivity index (χ3v) is 6.03. The summed E-state index contributed by atoms with van der Waals surface area (Å²) in [6.07, 6.45) is 1.99. The number of hydrogen-bond donors (Lipinski definition) is 2. The lowest BCUT2D eigenvalue weighted by molar-refractivity contribution is 0.414. The Labute approximate surface area is 180 Å². The Balaban J connectivity index is 1.96. The molecule has 0 aromatic heterocycles. The van der Waals surface area contributed by atoms with Crippen molar-refractivity contribution in [1.29, 1.82) is 0 Å². The van der Waals surface area contributed by atoms with Crippen LogP contribution in [0.2, 0.25) is 0 Å². The van der Waals surface area contributed by atoms with Crippen LogP contribution in [-0.2, 0) is 21.7 Å². The Bertz CT molecular complexity index is 935. The maximum Gasteiger partial charge on any atom is 0.191 e. The van der Waals surface area contributed by atoms with E-state index in [1.54, 1.807) is 19.2 Å². The van der Waals surface area contributed by atoms with Crippen molar-refractivity contribution in [3.05, 3.63) is 59.7 Å². The second-order valence-corrected chi connectivity index (χ2v) is 9.92. The molecule has 0 saturated heterocycles. The van der Waals surface area contributed by atoms with Crippen LogP contribution in [0.4, 0.5) is 0 Å². The third kappa shape index (κ3) is 7.06. The van der Waals surface area contributed by atoms with Crippen LogP contribution >= 0.6 is 0 Å². The molecule has 6 nitrogen and oxygen atoms in total. The first-order chi connectivity index (χ1) is 14.2. The predicted molar refractivity (Wildman–Crippen MR) is 123 cm³/mol. The van der Waals surface area contributed by atoms with E-state index in [1.165, 1.54) is 11.8 Å². The Kier molecular flexibility index (Phi) is 8.29. The van der Waals surface area contributed by atoms with Gasteiger partial charge in [0.1, 0.15) is 5.75 Å². The van der Waals surface area contributed by atoms with E-state index in [9.17, 15) is 8.42 Å². The molecule has 164 valence electrons. The highest BCUT2D eigenvalue weighted by molar-refractivity contribution is 7.90. The molecule has 7 heteroatoms. The topological polar surface area (TPSA) is 79.8 Å². The van der Waals surface area contributed by atoms with E-state index >= 15 is 0 Å². The molecule has 0 radical (unpaired) electrons. The summed E-state index contributed by atoms with van der Waals surface area (Å²) in [5.41, 5.74) is 2.16. The highest BCUT2D eigenvalue weighted by Crippen LogP contribution is 2.25. The standard InChI is InChI=1S/C23H33N3O3S/c1-6-24-22(25-16-15-18-7-13-21(14-8-18)30(5,27)28)26-17-23(2,3)19-9-11-20(29-4)12-10-19/h7-14H,6,15-17H2,1-5H3,(H2,24,25,26). The summed E-state index contributed by atoms with van der Waals surface area (Å²) in [6, 6.07) is 15.1. The molecule has 2 aromatic carbocycles. The van der Waals surface area contributed by atoms with Crippen molar-refractivity contribution in [3.8, 4) is 5.75 Å². The molecule has 30 heavy (non-hydrogen) atoms. The second-order valence-electron chi connectivity index (χ2n) is 7.90. The summed E-state index contributed by atoms with van der Waals surface area (Å²) >= 11 is 0. The van der Waals surface area contributed by atoms with E-state index in [0.717, 1.165) is 30.2 Å². The number of sulfone groups is 1. The van der Waals surface area contributed by atoms with E-state index in [1.807, 2.05) is 31.2 Å². The quantitative estimate of drug-likeness (QED) is 0.471. The lowest BCUT2D eigenvalue weighted by Crippen LogP contribution is -2.39. The second kappa shape index (κ2) is 10.5. The first-order valence-electron chi connectivity index (χ1n) is 10.1. The van der Waals surface area contributed by atoms with E-state index in [-0.39, 0.29) is 5.41 Å². The SMILES string of the molecule is CCNC(=NCC(C)(C)c1ccc(OC)cc1)NCCc1ccc(S(C)(=O)=O)cc1. The molecule has 0 amide bonds. The number of hydrogen-bond acceptors (Lipinski definition) is 4. The Morgan fingerprint density at radius 2 is 1.67 bits per heavy atom. The van der Waals surface area contributed by atoms with Gasteiger partial charge in [-0.15, -0.1) is 0 Å². The van der Waals surface area contributed by atoms with Gasteiger partial charge in [0.25, 0.3) is 0 Å². The number of nitrogens with one attached hydrogen (secondary N) is 2. The Hall–Kier alpha value is -2.54. The molecule has 0 aliphatic carbocycles. The minimum Gasteiger partial charge on any atom is -0.497 e. The third-order valence-electron chi connectivity index (χ3n) is 4.91. The predicted octanol–water partition coefficient (Wildman–Crippen LogP) is 3.17. The molecule has 2 rings (SSSR count). The van der Waals surface area contributed by atoms with Crippen molar-refractivity contribution in [3.63, 3.8) is 0 Å². The van der Waals surface area contributed by atoms with Gasteiger partial charge in [-0.3, -0.25) is 4.99 Å². The molecular weight excluding hydrogens is 398 g/mol. The number of rotatable bonds is 9. The molecule has 0 spiro atoms. The molecule has 0 fully saturated rings. The number of methoxy groups -OCH3 is 1. The molecule has 0 bridgehead atoms. The first kappa shape index (κ1) is 23.7. The minimum atomic E-state index is -3.16. The van der Waals surface area contributed by atoms with Gasteiger partial charge in [0.15, 0.2) is 15.8 Å². The van der Waals surface area contributed by atoms with Crippen molar-refractivity contribution in [2.75, 3.05) is 33.0 Å². The summed E-state index contributed by atoms with van der Waals surface area (Å²) in [6.45, 7) is 8.49. The Morgan fingerprint density at radius 1 is 1.03 bits per heavy atom. The van der Waals surface area contributed by atoms with Gasteiger partial charge >= 0.3 is 0 Å². The van der Waals surface area contributed by atoms with Crippen LogP contribution in [-0.4, -0.2) is 47.4 Å². The highest BCUT2D eigenvalue weighted by atomic mass is 32.2. The van der Waals surface area contributed by atoms with Crippen molar-refractivity contribution < 1.29 is 13.2 Å². The molecule has 0 aliphatic heterocycles. The molecule has 0 unspecified atom stereocenters. The van der Waals surface area contributed by atoms with Gasteiger partial charge in [-0.25, -0.2) is 8.42 Å². The lowest BCUT2D eigenvalue weighted by Gasteiger charge is -2.24. The van der Waals surface area contributed by atoms with E-state index in [4.69, 9.17) is 9.73 Å². The number of nitrogens with zero attached hydrogens (tertiary/aromatic N) is 1. The zero-order valence-corrected chi connectivity index (χ0v) is 19.3. The molecule has 2 N–H and O–H groups in total. The largest absolute Gasteiger partial charge is 0.497 e. The fraction of sp³-hybridized carbons (Fsp3) is 0.435. The van der Waals surface area contributed by atoms with Gasteiger partial charge in [0.05, 0.1) is 18.6 Å². The summed E-state index contributed by atoms with van der Waals surface area (Å²) in [5.74, 6) is 1.62. The van der Waals surface area contributed by atoms with Gasteiger partial charge in [0.2, 0.25) is 0 Å². The van der Waals surface area contributed by atoms with Crippen LogP contribution < -0.4 is 15.4 Å². The fourth-order valence-corrected chi connectivity index (χ4v) is 3.61. The zero-order valence-electron chi connectivity index (χ0n) is 18.5. The smallest absolute Gasteiger partial charge is 0.191 e. The van der Waals surface area contributed by atoms with E-state index in [0.29, 0.717) is 18.0 Å². The van der Waals surface area contributed by atoms with Gasteiger partial charge in [-0.2, -0.15) is 0 Å². The average Bonchev–Trinajstić information content (AvgIpc) is 2.72. The maximum absolute atomic E-state index is 11.6. The highest BCUT2D eigenvalue weighted by Gasteiger charge is 2.20.